The SMILES string of the molecule is CC(C)(C)c1ccccc1NS(=O)(=O)CC1CCCCN1. The number of hydrogen-bond donors (Lipinski definition) is 2. The van der Waals surface area contributed by atoms with Crippen LogP contribution in [-0.2, 0) is 15.4 Å². The van der Waals surface area contributed by atoms with Crippen molar-refractivity contribution >= 4 is 15.7 Å². The van der Waals surface area contributed by atoms with E-state index >= 15 is 0 Å². The molecule has 0 aliphatic carbocycles. The van der Waals surface area contributed by atoms with Crippen LogP contribution < -0.4 is 10.0 Å². The Morgan fingerprint density at radius 1 is 1.24 bits per heavy atom. The van der Waals surface area contributed by atoms with Crippen molar-refractivity contribution in [3.05, 3.63) is 29.8 Å². The third-order valence-electron chi connectivity index (χ3n) is 3.83. The first-order valence-corrected chi connectivity index (χ1v) is 9.26. The summed E-state index contributed by atoms with van der Waals surface area (Å²) in [5, 5.41) is 3.29. The summed E-state index contributed by atoms with van der Waals surface area (Å²) >= 11 is 0. The molecule has 1 aromatic carbocycles. The molecule has 0 amide bonds. The van der Waals surface area contributed by atoms with Crippen LogP contribution in [0.4, 0.5) is 5.69 Å². The van der Waals surface area contributed by atoms with Crippen LogP contribution in [-0.4, -0.2) is 26.8 Å². The van der Waals surface area contributed by atoms with E-state index in [1.165, 1.54) is 0 Å². The van der Waals surface area contributed by atoms with Crippen LogP contribution in [0.3, 0.4) is 0 Å². The zero-order valence-corrected chi connectivity index (χ0v) is 14.0. The zero-order chi connectivity index (χ0) is 15.5. The van der Waals surface area contributed by atoms with Crippen molar-refractivity contribution in [3.63, 3.8) is 0 Å². The minimum Gasteiger partial charge on any atom is -0.313 e. The van der Waals surface area contributed by atoms with E-state index in [2.05, 4.69) is 30.8 Å². The fourth-order valence-electron chi connectivity index (χ4n) is 2.77. The molecule has 0 aromatic heterocycles. The third kappa shape index (κ3) is 4.71. The van der Waals surface area contributed by atoms with Gasteiger partial charge in [0, 0.05) is 6.04 Å². The Labute approximate surface area is 128 Å². The third-order valence-corrected chi connectivity index (χ3v) is 5.21. The number of para-hydroxylation sites is 1. The molecule has 1 saturated heterocycles. The van der Waals surface area contributed by atoms with Gasteiger partial charge < -0.3 is 5.32 Å². The molecular weight excluding hydrogens is 284 g/mol. The van der Waals surface area contributed by atoms with Gasteiger partial charge in [0.1, 0.15) is 0 Å². The molecule has 1 fully saturated rings. The fraction of sp³-hybridized carbons (Fsp3) is 0.625. The molecule has 1 aliphatic rings. The number of benzene rings is 1. The molecule has 0 spiro atoms. The molecule has 2 N–H and O–H groups in total. The normalized spacial score (nSPS) is 20.2. The summed E-state index contributed by atoms with van der Waals surface area (Å²) in [4.78, 5) is 0. The van der Waals surface area contributed by atoms with Gasteiger partial charge in [0.25, 0.3) is 0 Å². The van der Waals surface area contributed by atoms with Crippen LogP contribution in [0.15, 0.2) is 24.3 Å². The smallest absolute Gasteiger partial charge is 0.234 e. The second kappa shape index (κ2) is 6.36. The van der Waals surface area contributed by atoms with Gasteiger partial charge >= 0.3 is 0 Å². The molecule has 118 valence electrons. The van der Waals surface area contributed by atoms with Gasteiger partial charge in [-0.25, -0.2) is 8.42 Å². The summed E-state index contributed by atoms with van der Waals surface area (Å²) in [6, 6.07) is 7.70. The molecule has 0 saturated carbocycles. The molecule has 21 heavy (non-hydrogen) atoms. The summed E-state index contributed by atoms with van der Waals surface area (Å²) in [7, 11) is -3.33. The molecule has 1 atom stereocenters. The minimum atomic E-state index is -3.33. The number of hydrogen-bond acceptors (Lipinski definition) is 3. The molecule has 4 nitrogen and oxygen atoms in total. The van der Waals surface area contributed by atoms with Gasteiger partial charge in [-0.1, -0.05) is 45.4 Å². The lowest BCUT2D eigenvalue weighted by Crippen LogP contribution is -2.40. The van der Waals surface area contributed by atoms with Gasteiger partial charge in [-0.05, 0) is 36.4 Å². The molecule has 1 aromatic rings. The number of piperidine rings is 1. The van der Waals surface area contributed by atoms with Crippen molar-refractivity contribution in [3.8, 4) is 0 Å². The van der Waals surface area contributed by atoms with Crippen molar-refractivity contribution in [2.45, 2.75) is 51.5 Å². The Hall–Kier alpha value is -1.07. The fourth-order valence-corrected chi connectivity index (χ4v) is 4.18. The number of sulfonamides is 1. The van der Waals surface area contributed by atoms with Gasteiger partial charge in [0.2, 0.25) is 10.0 Å². The van der Waals surface area contributed by atoms with Crippen molar-refractivity contribution in [1.82, 2.24) is 5.32 Å². The maximum atomic E-state index is 12.4. The van der Waals surface area contributed by atoms with E-state index in [0.29, 0.717) is 5.69 Å². The first-order valence-electron chi connectivity index (χ1n) is 7.61. The average molecular weight is 310 g/mol. The number of nitrogens with one attached hydrogen (secondary N) is 2. The highest BCUT2D eigenvalue weighted by Crippen LogP contribution is 2.30. The topological polar surface area (TPSA) is 58.2 Å². The summed E-state index contributed by atoms with van der Waals surface area (Å²) in [6.07, 6.45) is 3.17. The molecule has 5 heteroatoms. The Morgan fingerprint density at radius 2 is 1.95 bits per heavy atom. The zero-order valence-electron chi connectivity index (χ0n) is 13.1. The molecule has 1 unspecified atom stereocenters. The van der Waals surface area contributed by atoms with Crippen LogP contribution in [0.1, 0.15) is 45.6 Å². The summed E-state index contributed by atoms with van der Waals surface area (Å²) in [5.41, 5.74) is 1.62. The minimum absolute atomic E-state index is 0.0676. The standard InChI is InChI=1S/C16H26N2O2S/c1-16(2,3)14-9-4-5-10-15(14)18-21(19,20)12-13-8-6-7-11-17-13/h4-5,9-10,13,17-18H,6-8,11-12H2,1-3H3. The lowest BCUT2D eigenvalue weighted by atomic mass is 9.86. The maximum absolute atomic E-state index is 12.4. The van der Waals surface area contributed by atoms with Gasteiger partial charge in [0.15, 0.2) is 0 Å². The van der Waals surface area contributed by atoms with E-state index < -0.39 is 10.0 Å². The Balaban J connectivity index is 2.13. The van der Waals surface area contributed by atoms with E-state index in [1.54, 1.807) is 0 Å². The molecular formula is C16H26N2O2S. The number of rotatable bonds is 4. The van der Waals surface area contributed by atoms with Crippen LogP contribution >= 0.6 is 0 Å². The monoisotopic (exact) mass is 310 g/mol. The quantitative estimate of drug-likeness (QED) is 0.899. The van der Waals surface area contributed by atoms with Gasteiger partial charge in [0.05, 0.1) is 11.4 Å². The molecule has 1 heterocycles. The number of anilines is 1. The predicted molar refractivity (Wildman–Crippen MR) is 88.2 cm³/mol. The van der Waals surface area contributed by atoms with E-state index in [-0.39, 0.29) is 17.2 Å². The lowest BCUT2D eigenvalue weighted by Gasteiger charge is -2.26. The first kappa shape index (κ1) is 16.3. The highest BCUT2D eigenvalue weighted by molar-refractivity contribution is 7.92. The predicted octanol–water partition coefficient (Wildman–Crippen LogP) is 2.87. The van der Waals surface area contributed by atoms with Gasteiger partial charge in [-0.3, -0.25) is 4.72 Å². The Kier molecular flexibility index (Phi) is 4.94. The molecule has 2 rings (SSSR count). The van der Waals surface area contributed by atoms with Crippen LogP contribution in [0, 0.1) is 0 Å². The van der Waals surface area contributed by atoms with Gasteiger partial charge in [-0.15, -0.1) is 0 Å². The highest BCUT2D eigenvalue weighted by atomic mass is 32.2. The molecule has 0 radical (unpaired) electrons. The second-order valence-electron chi connectivity index (χ2n) is 6.83. The van der Waals surface area contributed by atoms with Crippen molar-refractivity contribution in [2.24, 2.45) is 0 Å². The summed E-state index contributed by atoms with van der Waals surface area (Å²) in [6.45, 7) is 7.17. The Bertz CT molecular complexity index is 570. The van der Waals surface area contributed by atoms with Gasteiger partial charge in [-0.2, -0.15) is 0 Å². The van der Waals surface area contributed by atoms with Crippen LogP contribution in [0.5, 0.6) is 0 Å². The molecule has 0 bridgehead atoms. The average Bonchev–Trinajstić information content (AvgIpc) is 2.38. The second-order valence-corrected chi connectivity index (χ2v) is 8.59. The van der Waals surface area contributed by atoms with E-state index in [1.807, 2.05) is 24.3 Å². The lowest BCUT2D eigenvalue weighted by molar-refractivity contribution is 0.424. The van der Waals surface area contributed by atoms with Crippen LogP contribution in [0.2, 0.25) is 0 Å². The Morgan fingerprint density at radius 3 is 2.57 bits per heavy atom. The van der Waals surface area contributed by atoms with E-state index in [4.69, 9.17) is 0 Å². The van der Waals surface area contributed by atoms with Crippen molar-refractivity contribution in [2.75, 3.05) is 17.0 Å². The summed E-state index contributed by atoms with van der Waals surface area (Å²) in [5.74, 6) is 0.144. The van der Waals surface area contributed by atoms with E-state index in [0.717, 1.165) is 31.4 Å². The first-order chi connectivity index (χ1) is 9.78. The van der Waals surface area contributed by atoms with Crippen LogP contribution in [0.25, 0.3) is 0 Å². The summed E-state index contributed by atoms with van der Waals surface area (Å²) < 4.78 is 27.6. The highest BCUT2D eigenvalue weighted by Gasteiger charge is 2.24. The van der Waals surface area contributed by atoms with Crippen molar-refractivity contribution < 1.29 is 8.42 Å². The maximum Gasteiger partial charge on any atom is 0.234 e. The molecule has 1 aliphatic heterocycles. The largest absolute Gasteiger partial charge is 0.313 e. The van der Waals surface area contributed by atoms with Crippen molar-refractivity contribution in [1.29, 1.82) is 0 Å². The van der Waals surface area contributed by atoms with E-state index in [9.17, 15) is 8.42 Å².